The number of hydrogen-bond donors (Lipinski definition) is 0. The zero-order valence-corrected chi connectivity index (χ0v) is 40.2. The molecule has 0 radical (unpaired) electrons. The zero-order chi connectivity index (χ0) is 43.7. The van der Waals surface area contributed by atoms with Crippen molar-refractivity contribution < 1.29 is 28.6 Å². The molecule has 0 saturated carbocycles. The molecule has 6 heteroatoms. The van der Waals surface area contributed by atoms with Gasteiger partial charge in [-0.3, -0.25) is 14.4 Å². The monoisotopic (exact) mass is 845 g/mol. The van der Waals surface area contributed by atoms with Gasteiger partial charge < -0.3 is 14.2 Å². The average molecular weight is 845 g/mol. The highest BCUT2D eigenvalue weighted by Crippen LogP contribution is 2.16. The number of carbonyl (C=O) groups excluding carboxylic acids is 3. The maximum atomic E-state index is 12.6. The van der Waals surface area contributed by atoms with Gasteiger partial charge in [0.15, 0.2) is 6.10 Å². The first-order valence-corrected chi connectivity index (χ1v) is 26.3. The number of carbonyl (C=O) groups is 3. The van der Waals surface area contributed by atoms with Crippen molar-refractivity contribution in [3.63, 3.8) is 0 Å². The smallest absolute Gasteiger partial charge is 0.306 e. The second kappa shape index (κ2) is 49.5. The van der Waals surface area contributed by atoms with E-state index in [1.165, 1.54) is 180 Å². The molecule has 6 nitrogen and oxygen atoms in total. The fraction of sp³-hybridized carbons (Fsp3) is 0.870. The lowest BCUT2D eigenvalue weighted by Gasteiger charge is -2.18. The molecule has 0 aliphatic carbocycles. The van der Waals surface area contributed by atoms with Gasteiger partial charge in [-0.2, -0.15) is 0 Å². The molecule has 0 amide bonds. The van der Waals surface area contributed by atoms with Crippen molar-refractivity contribution in [1.29, 1.82) is 0 Å². The summed E-state index contributed by atoms with van der Waals surface area (Å²) >= 11 is 0. The number of hydrogen-bond acceptors (Lipinski definition) is 6. The maximum Gasteiger partial charge on any atom is 0.306 e. The minimum absolute atomic E-state index is 0.0673. The summed E-state index contributed by atoms with van der Waals surface area (Å²) in [7, 11) is 0. The minimum atomic E-state index is -0.759. The van der Waals surface area contributed by atoms with Crippen molar-refractivity contribution in [2.75, 3.05) is 13.2 Å². The van der Waals surface area contributed by atoms with E-state index in [9.17, 15) is 14.4 Å². The van der Waals surface area contributed by atoms with Gasteiger partial charge in [-0.15, -0.1) is 0 Å². The van der Waals surface area contributed by atoms with Crippen molar-refractivity contribution in [2.45, 2.75) is 290 Å². The lowest BCUT2D eigenvalue weighted by Crippen LogP contribution is -2.30. The van der Waals surface area contributed by atoms with E-state index in [-0.39, 0.29) is 31.1 Å². The summed E-state index contributed by atoms with van der Waals surface area (Å²) in [5.41, 5.74) is 0. The normalized spacial score (nSPS) is 12.1. The van der Waals surface area contributed by atoms with Gasteiger partial charge in [-0.25, -0.2) is 0 Å². The third-order valence-corrected chi connectivity index (χ3v) is 11.7. The number of rotatable bonds is 48. The Morgan fingerprint density at radius 3 is 0.917 bits per heavy atom. The van der Waals surface area contributed by atoms with Crippen LogP contribution in [0, 0.1) is 0 Å². The topological polar surface area (TPSA) is 78.9 Å². The van der Waals surface area contributed by atoms with Gasteiger partial charge in [0, 0.05) is 19.3 Å². The molecule has 0 aromatic heterocycles. The summed E-state index contributed by atoms with van der Waals surface area (Å²) in [6.45, 7) is 6.54. The molecule has 0 spiro atoms. The van der Waals surface area contributed by atoms with Gasteiger partial charge in [0.25, 0.3) is 0 Å². The third-order valence-electron chi connectivity index (χ3n) is 11.7. The van der Waals surface area contributed by atoms with Crippen molar-refractivity contribution >= 4 is 17.9 Å². The van der Waals surface area contributed by atoms with Gasteiger partial charge in [0.2, 0.25) is 0 Å². The van der Waals surface area contributed by atoms with Gasteiger partial charge in [-0.05, 0) is 51.4 Å². The van der Waals surface area contributed by atoms with Crippen molar-refractivity contribution in [2.24, 2.45) is 0 Å². The molecule has 0 aromatic carbocycles. The summed E-state index contributed by atoms with van der Waals surface area (Å²) < 4.78 is 16.6. The van der Waals surface area contributed by atoms with Crippen LogP contribution in [-0.4, -0.2) is 37.2 Å². The number of ether oxygens (including phenoxy) is 3. The Labute approximate surface area is 373 Å². The Bertz CT molecular complexity index is 973. The van der Waals surface area contributed by atoms with Crippen LogP contribution >= 0.6 is 0 Å². The van der Waals surface area contributed by atoms with E-state index in [4.69, 9.17) is 14.2 Å². The molecule has 0 heterocycles. The molecule has 352 valence electrons. The summed E-state index contributed by atoms with van der Waals surface area (Å²) in [5, 5.41) is 0. The van der Waals surface area contributed by atoms with E-state index in [1.807, 2.05) is 0 Å². The Kier molecular flexibility index (Phi) is 47.8. The SMILES string of the molecule is CCCCCCC/C=C\C/C=C\CCCCCCCCCCCCCCCCCCCC(=O)OCC(COC(=O)CCCCCCCC)OC(=O)CCCCCCCCC. The predicted octanol–water partition coefficient (Wildman–Crippen LogP) is 17.2. The summed E-state index contributed by atoms with van der Waals surface area (Å²) in [5.74, 6) is -0.875. The molecule has 0 aliphatic heterocycles. The van der Waals surface area contributed by atoms with E-state index >= 15 is 0 Å². The van der Waals surface area contributed by atoms with E-state index in [1.54, 1.807) is 0 Å². The van der Waals surface area contributed by atoms with Crippen LogP contribution < -0.4 is 0 Å². The predicted molar refractivity (Wildman–Crippen MR) is 256 cm³/mol. The minimum Gasteiger partial charge on any atom is -0.462 e. The molecule has 0 aromatic rings. The molecule has 0 rings (SSSR count). The van der Waals surface area contributed by atoms with Gasteiger partial charge in [0.1, 0.15) is 13.2 Å². The van der Waals surface area contributed by atoms with Crippen LogP contribution in [0.25, 0.3) is 0 Å². The molecular formula is C54H100O6. The first-order chi connectivity index (χ1) is 29.5. The summed E-state index contributed by atoms with van der Waals surface area (Å²) in [6, 6.07) is 0. The van der Waals surface area contributed by atoms with Gasteiger partial charge >= 0.3 is 17.9 Å². The zero-order valence-electron chi connectivity index (χ0n) is 40.2. The number of esters is 3. The van der Waals surface area contributed by atoms with Gasteiger partial charge in [0.05, 0.1) is 0 Å². The molecule has 0 bridgehead atoms. The lowest BCUT2D eigenvalue weighted by atomic mass is 10.0. The second-order valence-electron chi connectivity index (χ2n) is 17.8. The highest BCUT2D eigenvalue weighted by molar-refractivity contribution is 5.71. The van der Waals surface area contributed by atoms with E-state index in [0.717, 1.165) is 64.2 Å². The van der Waals surface area contributed by atoms with Crippen LogP contribution in [0.2, 0.25) is 0 Å². The molecule has 1 unspecified atom stereocenters. The average Bonchev–Trinajstić information content (AvgIpc) is 3.24. The molecule has 0 saturated heterocycles. The second-order valence-corrected chi connectivity index (χ2v) is 17.8. The standard InChI is InChI=1S/C54H100O6/c1-4-7-10-13-16-17-18-19-20-21-22-23-24-25-26-27-28-29-30-31-32-33-34-35-36-37-39-41-44-47-53(56)59-50-51(49-58-52(55)46-43-40-15-12-9-6-3)60-54(57)48-45-42-38-14-11-8-5-2/h18-19,21-22,51H,4-17,20,23-50H2,1-3H3/b19-18-,22-21-. The first kappa shape index (κ1) is 57.9. The molecule has 0 aliphatic rings. The molecule has 60 heavy (non-hydrogen) atoms. The Balaban J connectivity index is 3.86. The maximum absolute atomic E-state index is 12.6. The Morgan fingerprint density at radius 2 is 0.600 bits per heavy atom. The molecule has 1 atom stereocenters. The van der Waals surface area contributed by atoms with E-state index < -0.39 is 6.10 Å². The fourth-order valence-electron chi connectivity index (χ4n) is 7.71. The van der Waals surface area contributed by atoms with E-state index in [0.29, 0.717) is 19.3 Å². The van der Waals surface area contributed by atoms with Crippen LogP contribution in [0.5, 0.6) is 0 Å². The van der Waals surface area contributed by atoms with Crippen LogP contribution in [-0.2, 0) is 28.6 Å². The molecule has 0 fully saturated rings. The Hall–Kier alpha value is -2.11. The van der Waals surface area contributed by atoms with Crippen LogP contribution in [0.4, 0.5) is 0 Å². The van der Waals surface area contributed by atoms with Crippen molar-refractivity contribution in [1.82, 2.24) is 0 Å². The van der Waals surface area contributed by atoms with Crippen molar-refractivity contribution in [3.8, 4) is 0 Å². The Morgan fingerprint density at radius 1 is 0.333 bits per heavy atom. The van der Waals surface area contributed by atoms with Crippen LogP contribution in [0.3, 0.4) is 0 Å². The highest BCUT2D eigenvalue weighted by atomic mass is 16.6. The lowest BCUT2D eigenvalue weighted by molar-refractivity contribution is -0.167. The quantitative estimate of drug-likeness (QED) is 0.0263. The summed E-state index contributed by atoms with van der Waals surface area (Å²) in [6.07, 6.45) is 56.6. The first-order valence-electron chi connectivity index (χ1n) is 26.3. The summed E-state index contributed by atoms with van der Waals surface area (Å²) in [4.78, 5) is 37.5. The van der Waals surface area contributed by atoms with Crippen LogP contribution in [0.1, 0.15) is 284 Å². The van der Waals surface area contributed by atoms with E-state index in [2.05, 4.69) is 45.1 Å². The highest BCUT2D eigenvalue weighted by Gasteiger charge is 2.19. The largest absolute Gasteiger partial charge is 0.462 e. The third kappa shape index (κ3) is 46.9. The molecule has 0 N–H and O–H groups in total. The number of allylic oxidation sites excluding steroid dienone is 4. The molecular weight excluding hydrogens is 745 g/mol. The fourth-order valence-corrected chi connectivity index (χ4v) is 7.71. The van der Waals surface area contributed by atoms with Crippen LogP contribution in [0.15, 0.2) is 24.3 Å². The number of unbranched alkanes of at least 4 members (excludes halogenated alkanes) is 33. The van der Waals surface area contributed by atoms with Crippen molar-refractivity contribution in [3.05, 3.63) is 24.3 Å². The van der Waals surface area contributed by atoms with Gasteiger partial charge in [-0.1, -0.05) is 238 Å².